The zero-order chi connectivity index (χ0) is 22.5. The Balaban J connectivity index is 1.29. The molecule has 1 aliphatic carbocycles. The highest BCUT2D eigenvalue weighted by Gasteiger charge is 2.36. The van der Waals surface area contributed by atoms with E-state index < -0.39 is 5.41 Å². The molecule has 2 aliphatic rings. The SMILES string of the molecule is N#CC(CC[C@@H]1CCCN1CCc1ccc2c(c1)CCC2)(c1ccccc1)c1ccccc1. The predicted octanol–water partition coefficient (Wildman–Crippen LogP) is 6.47. The van der Waals surface area contributed by atoms with Crippen LogP contribution in [0.2, 0.25) is 0 Å². The summed E-state index contributed by atoms with van der Waals surface area (Å²) in [6, 6.07) is 31.3. The number of fused-ring (bicyclic) bond motifs is 1. The quantitative estimate of drug-likeness (QED) is 0.406. The lowest BCUT2D eigenvalue weighted by Gasteiger charge is -2.31. The Kier molecular flexibility index (Phi) is 6.60. The van der Waals surface area contributed by atoms with Crippen molar-refractivity contribution in [2.24, 2.45) is 0 Å². The predicted molar refractivity (Wildman–Crippen MR) is 135 cm³/mol. The highest BCUT2D eigenvalue weighted by atomic mass is 15.2. The maximum atomic E-state index is 10.5. The van der Waals surface area contributed by atoms with Crippen molar-refractivity contribution in [3.63, 3.8) is 0 Å². The monoisotopic (exact) mass is 434 g/mol. The van der Waals surface area contributed by atoms with Crippen LogP contribution < -0.4 is 0 Å². The fraction of sp³-hybridized carbons (Fsp3) is 0.387. The highest BCUT2D eigenvalue weighted by molar-refractivity contribution is 5.45. The van der Waals surface area contributed by atoms with Gasteiger partial charge in [-0.25, -0.2) is 0 Å². The second-order valence-corrected chi connectivity index (χ2v) is 9.83. The molecule has 1 saturated heterocycles. The van der Waals surface area contributed by atoms with Gasteiger partial charge in [-0.2, -0.15) is 5.26 Å². The summed E-state index contributed by atoms with van der Waals surface area (Å²) in [6.07, 6.45) is 9.39. The summed E-state index contributed by atoms with van der Waals surface area (Å²) in [5.41, 5.74) is 6.27. The smallest absolute Gasteiger partial charge is 0.107 e. The molecule has 0 radical (unpaired) electrons. The molecule has 3 aromatic rings. The number of aryl methyl sites for hydroxylation is 2. The van der Waals surface area contributed by atoms with Crippen molar-refractivity contribution in [3.05, 3.63) is 107 Å². The molecular weight excluding hydrogens is 400 g/mol. The molecule has 1 fully saturated rings. The fourth-order valence-corrected chi connectivity index (χ4v) is 6.04. The normalized spacial score (nSPS) is 18.2. The molecule has 3 aromatic carbocycles. The van der Waals surface area contributed by atoms with Gasteiger partial charge >= 0.3 is 0 Å². The third kappa shape index (κ3) is 4.61. The van der Waals surface area contributed by atoms with Crippen molar-refractivity contribution in [1.82, 2.24) is 4.90 Å². The van der Waals surface area contributed by atoms with Crippen LogP contribution in [0.1, 0.15) is 59.9 Å². The number of hydrogen-bond acceptors (Lipinski definition) is 2. The second kappa shape index (κ2) is 9.94. The van der Waals surface area contributed by atoms with Crippen LogP contribution in [-0.4, -0.2) is 24.0 Å². The zero-order valence-electron chi connectivity index (χ0n) is 19.5. The molecule has 0 saturated carbocycles. The van der Waals surface area contributed by atoms with Gasteiger partial charge in [0.25, 0.3) is 0 Å². The molecule has 0 N–H and O–H groups in total. The first-order valence-corrected chi connectivity index (χ1v) is 12.7. The van der Waals surface area contributed by atoms with Gasteiger partial charge in [0, 0.05) is 12.6 Å². The Labute approximate surface area is 198 Å². The van der Waals surface area contributed by atoms with Gasteiger partial charge in [-0.1, -0.05) is 78.9 Å². The third-order valence-corrected chi connectivity index (χ3v) is 7.93. The molecule has 168 valence electrons. The Morgan fingerprint density at radius 1 is 0.848 bits per heavy atom. The van der Waals surface area contributed by atoms with Crippen LogP contribution in [0.15, 0.2) is 78.9 Å². The average Bonchev–Trinajstić information content (AvgIpc) is 3.54. The van der Waals surface area contributed by atoms with Crippen LogP contribution in [0.25, 0.3) is 0 Å². The van der Waals surface area contributed by atoms with Crippen molar-refractivity contribution in [2.75, 3.05) is 13.1 Å². The summed E-state index contributed by atoms with van der Waals surface area (Å²) in [7, 11) is 0. The van der Waals surface area contributed by atoms with Crippen molar-refractivity contribution in [2.45, 2.75) is 62.8 Å². The second-order valence-electron chi connectivity index (χ2n) is 9.83. The van der Waals surface area contributed by atoms with Gasteiger partial charge in [-0.05, 0) is 85.7 Å². The molecule has 33 heavy (non-hydrogen) atoms. The fourth-order valence-electron chi connectivity index (χ4n) is 6.04. The summed E-state index contributed by atoms with van der Waals surface area (Å²) in [4.78, 5) is 2.69. The highest BCUT2D eigenvalue weighted by Crippen LogP contribution is 2.38. The van der Waals surface area contributed by atoms with Gasteiger partial charge in [0.05, 0.1) is 6.07 Å². The molecule has 0 amide bonds. The minimum atomic E-state index is -0.587. The number of benzene rings is 3. The molecule has 2 heteroatoms. The number of nitrogens with zero attached hydrogens (tertiary/aromatic N) is 2. The van der Waals surface area contributed by atoms with E-state index >= 15 is 0 Å². The molecule has 1 atom stereocenters. The first kappa shape index (κ1) is 21.9. The lowest BCUT2D eigenvalue weighted by Crippen LogP contribution is -2.34. The van der Waals surface area contributed by atoms with Crippen LogP contribution in [-0.2, 0) is 24.7 Å². The number of likely N-dealkylation sites (tertiary alicyclic amines) is 1. The lowest BCUT2D eigenvalue weighted by atomic mass is 9.72. The molecule has 0 unspecified atom stereocenters. The van der Waals surface area contributed by atoms with Crippen molar-refractivity contribution < 1.29 is 0 Å². The van der Waals surface area contributed by atoms with Crippen molar-refractivity contribution >= 4 is 0 Å². The number of nitriles is 1. The zero-order valence-corrected chi connectivity index (χ0v) is 19.5. The topological polar surface area (TPSA) is 27.0 Å². The lowest BCUT2D eigenvalue weighted by molar-refractivity contribution is 0.237. The van der Waals surface area contributed by atoms with Crippen LogP contribution in [0.4, 0.5) is 0 Å². The van der Waals surface area contributed by atoms with E-state index in [0.29, 0.717) is 6.04 Å². The van der Waals surface area contributed by atoms with E-state index in [-0.39, 0.29) is 0 Å². The van der Waals surface area contributed by atoms with Crippen molar-refractivity contribution in [1.29, 1.82) is 5.26 Å². The first-order valence-electron chi connectivity index (χ1n) is 12.7. The minimum absolute atomic E-state index is 0.569. The van der Waals surface area contributed by atoms with E-state index in [1.165, 1.54) is 44.2 Å². The first-order chi connectivity index (χ1) is 16.3. The minimum Gasteiger partial charge on any atom is -0.300 e. The van der Waals surface area contributed by atoms with E-state index in [9.17, 15) is 5.26 Å². The Bertz CT molecular complexity index is 1060. The number of hydrogen-bond donors (Lipinski definition) is 0. The van der Waals surface area contributed by atoms with E-state index in [1.54, 1.807) is 11.1 Å². The summed E-state index contributed by atoms with van der Waals surface area (Å²) < 4.78 is 0. The Morgan fingerprint density at radius 2 is 1.55 bits per heavy atom. The molecule has 0 aromatic heterocycles. The number of rotatable bonds is 8. The summed E-state index contributed by atoms with van der Waals surface area (Å²) in [5, 5.41) is 10.5. The molecule has 1 aliphatic heterocycles. The molecule has 0 bridgehead atoms. The van der Waals surface area contributed by atoms with E-state index in [2.05, 4.69) is 77.7 Å². The summed E-state index contributed by atoms with van der Waals surface area (Å²) >= 11 is 0. The maximum absolute atomic E-state index is 10.5. The van der Waals surface area contributed by atoms with Gasteiger partial charge in [0.15, 0.2) is 0 Å². The summed E-state index contributed by atoms with van der Waals surface area (Å²) in [5.74, 6) is 0. The third-order valence-electron chi connectivity index (χ3n) is 7.93. The molecule has 1 heterocycles. The van der Waals surface area contributed by atoms with Crippen LogP contribution in [0, 0.1) is 11.3 Å². The van der Waals surface area contributed by atoms with Crippen LogP contribution >= 0.6 is 0 Å². The van der Waals surface area contributed by atoms with E-state index in [4.69, 9.17) is 0 Å². The standard InChI is InChI=1S/C31H34N2/c32-24-31(28-11-3-1-4-12-28,29-13-5-2-6-14-29)20-18-30-15-8-21-33(30)22-19-25-16-17-26-9-7-10-27(26)23-25/h1-6,11-14,16-17,23,30H,7-10,15,18-22H2/t30-/m0/s1. The van der Waals surface area contributed by atoms with E-state index in [1.807, 2.05) is 12.1 Å². The largest absolute Gasteiger partial charge is 0.300 e. The van der Waals surface area contributed by atoms with Gasteiger partial charge in [-0.3, -0.25) is 0 Å². The molecule has 2 nitrogen and oxygen atoms in total. The summed E-state index contributed by atoms with van der Waals surface area (Å²) in [6.45, 7) is 2.31. The van der Waals surface area contributed by atoms with Gasteiger partial charge in [0.1, 0.15) is 5.41 Å². The van der Waals surface area contributed by atoms with E-state index in [0.717, 1.165) is 36.9 Å². The van der Waals surface area contributed by atoms with Gasteiger partial charge in [0.2, 0.25) is 0 Å². The van der Waals surface area contributed by atoms with Gasteiger partial charge < -0.3 is 4.90 Å². The maximum Gasteiger partial charge on any atom is 0.107 e. The molecule has 5 rings (SSSR count). The molecule has 0 spiro atoms. The molecular formula is C31H34N2. The van der Waals surface area contributed by atoms with Gasteiger partial charge in [-0.15, -0.1) is 0 Å². The van der Waals surface area contributed by atoms with Crippen LogP contribution in [0.3, 0.4) is 0 Å². The average molecular weight is 435 g/mol. The Morgan fingerprint density at radius 3 is 2.24 bits per heavy atom. The van der Waals surface area contributed by atoms with Crippen LogP contribution in [0.5, 0.6) is 0 Å². The Hall–Kier alpha value is -2.89. The van der Waals surface area contributed by atoms with Crippen molar-refractivity contribution in [3.8, 4) is 6.07 Å².